The van der Waals surface area contributed by atoms with Gasteiger partial charge in [-0.1, -0.05) is 41.5 Å². The Hall–Kier alpha value is -1.13. The minimum absolute atomic E-state index is 0.0338. The molecule has 17 heteroatoms. The normalized spacial score (nSPS) is 58.8. The molecular formula is C46H74O17. The molecule has 9 N–H and O–H groups in total. The third kappa shape index (κ3) is 6.52. The highest BCUT2D eigenvalue weighted by Gasteiger charge is 2.83. The van der Waals surface area contributed by atoms with Gasteiger partial charge in [0, 0.05) is 17.9 Å². The van der Waals surface area contributed by atoms with Gasteiger partial charge in [-0.05, 0) is 105 Å². The van der Waals surface area contributed by atoms with Gasteiger partial charge in [-0.2, -0.15) is 0 Å². The zero-order valence-electron chi connectivity index (χ0n) is 37.9. The molecule has 2 bridgehead atoms. The number of carbonyl (C=O) groups is 1. The molecule has 4 saturated heterocycles. The maximum atomic E-state index is 14.1. The monoisotopic (exact) mass is 898 g/mol. The van der Waals surface area contributed by atoms with Crippen LogP contribution in [0.2, 0.25) is 0 Å². The lowest BCUT2D eigenvalue weighted by Gasteiger charge is -2.74. The Labute approximate surface area is 369 Å². The van der Waals surface area contributed by atoms with Crippen LogP contribution < -0.4 is 0 Å². The molecule has 0 amide bonds. The smallest absolute Gasteiger partial charge is 0.313 e. The van der Waals surface area contributed by atoms with Crippen LogP contribution in [0.5, 0.6) is 0 Å². The fraction of sp³-hybridized carbons (Fsp3) is 0.978. The van der Waals surface area contributed by atoms with Gasteiger partial charge in [0.25, 0.3) is 0 Å². The van der Waals surface area contributed by atoms with Crippen molar-refractivity contribution in [3.63, 3.8) is 0 Å². The van der Waals surface area contributed by atoms with E-state index < -0.39 is 108 Å². The van der Waals surface area contributed by atoms with E-state index in [4.69, 9.17) is 33.2 Å². The van der Waals surface area contributed by atoms with Gasteiger partial charge in [-0.3, -0.25) is 4.79 Å². The minimum atomic E-state index is -1.72. The molecule has 24 atom stereocenters. The Morgan fingerprint density at radius 1 is 0.651 bits per heavy atom. The van der Waals surface area contributed by atoms with E-state index in [1.807, 2.05) is 0 Å². The Bertz CT molecular complexity index is 1740. The standard InChI is InChI=1S/C46H74O17/c1-21-29(51)31(53)35(62-36-32(54)30(52)22(48)18-57-36)38(59-21)61-34-23(49)19-58-37(33(34)55)60-28-9-10-42(5)24(40(28,2)3)8-11-43(6)25(42)16-27(50)46-26-17-41(4,20-47)12-14-45(26,39(56)63-46)15-13-44(43,46)7/h21-38,47-55H,8-20H2,1-7H3/t21-,22+,23+,24?,25?,26?,27+,28-,29+,30-,31-,32+,33+,34-,35-,36+,37-,38+,41-,42-,43+,44-,45-,46+/m0/s1. The molecular weight excluding hydrogens is 824 g/mol. The molecule has 9 fully saturated rings. The molecule has 3 unspecified atom stereocenters. The number of aliphatic hydroxyl groups excluding tert-OH is 9. The van der Waals surface area contributed by atoms with Gasteiger partial charge in [0.15, 0.2) is 18.9 Å². The molecule has 0 radical (unpaired) electrons. The number of carbonyl (C=O) groups excluding carboxylic acids is 1. The van der Waals surface area contributed by atoms with Gasteiger partial charge in [-0.15, -0.1) is 0 Å². The first-order valence-electron chi connectivity index (χ1n) is 23.6. The van der Waals surface area contributed by atoms with E-state index in [0.717, 1.165) is 38.5 Å². The van der Waals surface area contributed by atoms with Crippen LogP contribution in [0.15, 0.2) is 0 Å². The van der Waals surface area contributed by atoms with Crippen LogP contribution in [0.4, 0.5) is 0 Å². The molecule has 9 aliphatic rings. The Morgan fingerprint density at radius 2 is 1.30 bits per heavy atom. The maximum Gasteiger partial charge on any atom is 0.313 e. The summed E-state index contributed by atoms with van der Waals surface area (Å²) in [5, 5.41) is 98.6. The van der Waals surface area contributed by atoms with E-state index in [9.17, 15) is 50.8 Å². The summed E-state index contributed by atoms with van der Waals surface area (Å²) in [5.74, 6) is -0.0785. The summed E-state index contributed by atoms with van der Waals surface area (Å²) in [6.07, 6.45) is -12.9. The zero-order chi connectivity index (χ0) is 45.6. The van der Waals surface area contributed by atoms with E-state index in [0.29, 0.717) is 25.7 Å². The highest BCUT2D eigenvalue weighted by molar-refractivity contribution is 5.82. The highest BCUT2D eigenvalue weighted by atomic mass is 16.8. The number of rotatable bonds is 7. The van der Waals surface area contributed by atoms with E-state index in [1.54, 1.807) is 0 Å². The molecule has 17 nitrogen and oxygen atoms in total. The fourth-order valence-corrected chi connectivity index (χ4v) is 15.8. The van der Waals surface area contributed by atoms with Crippen molar-refractivity contribution >= 4 is 5.97 Å². The predicted octanol–water partition coefficient (Wildman–Crippen LogP) is 0.630. The van der Waals surface area contributed by atoms with Gasteiger partial charge in [-0.25, -0.2) is 0 Å². The molecule has 0 aromatic carbocycles. The average Bonchev–Trinajstić information content (AvgIpc) is 3.43. The summed E-state index contributed by atoms with van der Waals surface area (Å²) < 4.78 is 42.7. The molecule has 360 valence electrons. The molecule has 0 aromatic rings. The van der Waals surface area contributed by atoms with Crippen LogP contribution in [-0.2, 0) is 38.0 Å². The van der Waals surface area contributed by atoms with Gasteiger partial charge in [0.1, 0.15) is 60.5 Å². The second kappa shape index (κ2) is 15.7. The lowest BCUT2D eigenvalue weighted by atomic mass is 9.30. The lowest BCUT2D eigenvalue weighted by molar-refractivity contribution is -0.379. The number of fused-ring (bicyclic) bond motifs is 4. The van der Waals surface area contributed by atoms with E-state index in [-0.39, 0.29) is 65.9 Å². The van der Waals surface area contributed by atoms with Crippen LogP contribution in [0.1, 0.15) is 113 Å². The van der Waals surface area contributed by atoms with Gasteiger partial charge in [0.05, 0.1) is 36.9 Å². The average molecular weight is 899 g/mol. The lowest BCUT2D eigenvalue weighted by Crippen LogP contribution is -2.76. The third-order valence-corrected chi connectivity index (χ3v) is 19.8. The van der Waals surface area contributed by atoms with Crippen LogP contribution in [0.3, 0.4) is 0 Å². The minimum Gasteiger partial charge on any atom is -0.455 e. The van der Waals surface area contributed by atoms with Crippen LogP contribution >= 0.6 is 0 Å². The van der Waals surface area contributed by atoms with Crippen molar-refractivity contribution in [2.75, 3.05) is 19.8 Å². The van der Waals surface area contributed by atoms with Crippen molar-refractivity contribution in [1.29, 1.82) is 0 Å². The number of hydrogen-bond acceptors (Lipinski definition) is 17. The van der Waals surface area contributed by atoms with E-state index >= 15 is 0 Å². The first-order valence-corrected chi connectivity index (χ1v) is 23.6. The summed E-state index contributed by atoms with van der Waals surface area (Å²) in [6, 6.07) is 0. The summed E-state index contributed by atoms with van der Waals surface area (Å²) in [4.78, 5) is 14.1. The van der Waals surface area contributed by atoms with Crippen molar-refractivity contribution in [2.24, 2.45) is 50.2 Å². The Morgan fingerprint density at radius 3 is 2.00 bits per heavy atom. The highest BCUT2D eigenvalue weighted by Crippen LogP contribution is 2.81. The molecule has 5 saturated carbocycles. The number of aliphatic hydroxyl groups is 9. The van der Waals surface area contributed by atoms with E-state index in [1.165, 1.54) is 6.92 Å². The fourth-order valence-electron chi connectivity index (χ4n) is 15.8. The molecule has 1 spiro atoms. The number of esters is 1. The van der Waals surface area contributed by atoms with Gasteiger partial charge < -0.3 is 79.1 Å². The molecule has 63 heavy (non-hydrogen) atoms. The van der Waals surface area contributed by atoms with Crippen LogP contribution in [0.25, 0.3) is 0 Å². The van der Waals surface area contributed by atoms with Crippen LogP contribution in [-0.4, -0.2) is 169 Å². The van der Waals surface area contributed by atoms with Gasteiger partial charge >= 0.3 is 5.97 Å². The molecule has 0 aromatic heterocycles. The number of ether oxygens (including phenoxy) is 7. The molecule has 4 heterocycles. The summed E-state index contributed by atoms with van der Waals surface area (Å²) >= 11 is 0. The van der Waals surface area contributed by atoms with Crippen molar-refractivity contribution in [1.82, 2.24) is 0 Å². The topological polar surface area (TPSA) is 264 Å². The SMILES string of the molecule is C[C@@H]1O[C@H](O[C@@H]2[C@@H](O)[C@H](O[C@H]3CC[C@@]4(C)C(CC[C@]5(C)C4C[C@@H](O)[C@]46OC(=O)[C@@]7(CC[C@](C)(CO)CC74)CC[C@]65C)C3(C)C)OC[C@H]2O)[C@@H](O[C@H]2OC[C@@H](O)[C@H](O)[C@H]2O)[C@@H](O)[C@@H]1O. The first kappa shape index (κ1) is 47.0. The number of hydrogen-bond donors (Lipinski definition) is 9. The molecule has 5 aliphatic carbocycles. The summed E-state index contributed by atoms with van der Waals surface area (Å²) in [7, 11) is 0. The Kier molecular flexibility index (Phi) is 11.7. The van der Waals surface area contributed by atoms with E-state index in [2.05, 4.69) is 41.5 Å². The summed E-state index contributed by atoms with van der Waals surface area (Å²) in [6.45, 7) is 14.4. The third-order valence-electron chi connectivity index (χ3n) is 19.8. The summed E-state index contributed by atoms with van der Waals surface area (Å²) in [5.41, 5.74) is -3.41. The maximum absolute atomic E-state index is 14.1. The van der Waals surface area contributed by atoms with Crippen molar-refractivity contribution in [3.05, 3.63) is 0 Å². The second-order valence-corrected chi connectivity index (χ2v) is 23.1. The predicted molar refractivity (Wildman–Crippen MR) is 218 cm³/mol. The zero-order valence-corrected chi connectivity index (χ0v) is 37.9. The quantitative estimate of drug-likeness (QED) is 0.125. The van der Waals surface area contributed by atoms with Gasteiger partial charge in [0.2, 0.25) is 0 Å². The Balaban J connectivity index is 0.922. The van der Waals surface area contributed by atoms with Crippen LogP contribution in [0, 0.1) is 50.2 Å². The molecule has 9 rings (SSSR count). The van der Waals surface area contributed by atoms with Crippen molar-refractivity contribution in [3.8, 4) is 0 Å². The first-order chi connectivity index (χ1) is 29.4. The largest absolute Gasteiger partial charge is 0.455 e. The molecule has 4 aliphatic heterocycles. The van der Waals surface area contributed by atoms with Crippen molar-refractivity contribution in [2.45, 2.75) is 210 Å². The van der Waals surface area contributed by atoms with Crippen molar-refractivity contribution < 1.29 is 83.9 Å². The second-order valence-electron chi connectivity index (χ2n) is 23.1.